The summed E-state index contributed by atoms with van der Waals surface area (Å²) in [4.78, 5) is 13.1. The third kappa shape index (κ3) is 4.38. The van der Waals surface area contributed by atoms with E-state index >= 15 is 0 Å². The molecule has 3 aromatic rings. The first-order valence-electron chi connectivity index (χ1n) is 7.01. The smallest absolute Gasteiger partial charge is 0.120 e. The van der Waals surface area contributed by atoms with Crippen LogP contribution < -0.4 is 5.73 Å². The fourth-order valence-electron chi connectivity index (χ4n) is 2.21. The molecule has 3 heterocycles. The Morgan fingerprint density at radius 3 is 1.62 bits per heavy atom. The summed E-state index contributed by atoms with van der Waals surface area (Å²) in [6, 6.07) is 17.1. The molecule has 6 heteroatoms. The summed E-state index contributed by atoms with van der Waals surface area (Å²) in [5.74, 6) is 0. The van der Waals surface area contributed by atoms with Gasteiger partial charge in [-0.2, -0.15) is 0 Å². The zero-order valence-corrected chi connectivity index (χ0v) is 14.5. The van der Waals surface area contributed by atoms with Crippen molar-refractivity contribution in [2.24, 2.45) is 5.73 Å². The minimum absolute atomic E-state index is 0. The average molecular weight is 361 g/mol. The number of aromatic nitrogens is 3. The van der Waals surface area contributed by atoms with Gasteiger partial charge in [0.1, 0.15) is 5.54 Å². The lowest BCUT2D eigenvalue weighted by Gasteiger charge is -2.24. The Kier molecular flexibility index (Phi) is 7.52. The zero-order chi connectivity index (χ0) is 15.3. The molecule has 0 atom stereocenters. The van der Waals surface area contributed by atoms with Crippen LogP contribution in [0.5, 0.6) is 0 Å². The molecule has 2 N–H and O–H groups in total. The van der Waals surface area contributed by atoms with Crippen LogP contribution in [0.4, 0.5) is 0 Å². The third-order valence-corrected chi connectivity index (χ3v) is 3.38. The molecule has 24 heavy (non-hydrogen) atoms. The molecule has 0 saturated heterocycles. The molecule has 0 aliphatic heterocycles. The minimum atomic E-state index is -0.903. The van der Waals surface area contributed by atoms with Crippen LogP contribution in [0.2, 0.25) is 0 Å². The molecule has 3 rings (SSSR count). The summed E-state index contributed by atoms with van der Waals surface area (Å²) >= 11 is 0. The number of pyridine rings is 3. The fourth-order valence-corrected chi connectivity index (χ4v) is 2.21. The van der Waals surface area contributed by atoms with E-state index in [1.807, 2.05) is 66.7 Å². The minimum Gasteiger partial charge on any atom is -0.312 e. The molecule has 0 saturated carbocycles. The van der Waals surface area contributed by atoms with Crippen LogP contribution in [0.25, 0.3) is 6.08 Å². The highest BCUT2D eigenvalue weighted by Crippen LogP contribution is 2.26. The molecule has 4 nitrogen and oxygen atoms in total. The summed E-state index contributed by atoms with van der Waals surface area (Å²) in [5.41, 5.74) is 8.06. The van der Waals surface area contributed by atoms with E-state index in [0.29, 0.717) is 0 Å². The highest BCUT2D eigenvalue weighted by atomic mass is 35.5. The second-order valence-electron chi connectivity index (χ2n) is 4.89. The molecule has 0 aliphatic rings. The number of hydrogen-bond acceptors (Lipinski definition) is 4. The van der Waals surface area contributed by atoms with E-state index in [1.165, 1.54) is 0 Å². The van der Waals surface area contributed by atoms with E-state index in [9.17, 15) is 0 Å². The van der Waals surface area contributed by atoms with Crippen molar-refractivity contribution in [3.8, 4) is 0 Å². The standard InChI is InChI=1S/C18H16N4.2ClH/c19-18(16-8-2-5-13-21-16,17-9-3-6-14-22-17)11-10-15-7-1-4-12-20-15;;/h1-14H,19H2;2*1H. The monoisotopic (exact) mass is 360 g/mol. The maximum atomic E-state index is 6.65. The van der Waals surface area contributed by atoms with Crippen LogP contribution in [0.15, 0.2) is 79.3 Å². The third-order valence-electron chi connectivity index (χ3n) is 3.38. The van der Waals surface area contributed by atoms with E-state index in [2.05, 4.69) is 15.0 Å². The summed E-state index contributed by atoms with van der Waals surface area (Å²) < 4.78 is 0. The lowest BCUT2D eigenvalue weighted by Crippen LogP contribution is -2.37. The first kappa shape index (κ1) is 19.8. The molecule has 0 radical (unpaired) electrons. The molecule has 3 aromatic heterocycles. The summed E-state index contributed by atoms with van der Waals surface area (Å²) in [6.07, 6.45) is 8.99. The van der Waals surface area contributed by atoms with Crippen LogP contribution >= 0.6 is 24.8 Å². The number of hydrogen-bond donors (Lipinski definition) is 1. The van der Waals surface area contributed by atoms with Gasteiger partial charge in [-0.3, -0.25) is 15.0 Å². The van der Waals surface area contributed by atoms with E-state index in [-0.39, 0.29) is 24.8 Å². The van der Waals surface area contributed by atoms with Crippen molar-refractivity contribution in [2.75, 3.05) is 0 Å². The van der Waals surface area contributed by atoms with Crippen molar-refractivity contribution in [2.45, 2.75) is 5.54 Å². The quantitative estimate of drug-likeness (QED) is 0.771. The van der Waals surface area contributed by atoms with Gasteiger partial charge in [-0.25, -0.2) is 0 Å². The highest BCUT2D eigenvalue weighted by Gasteiger charge is 2.29. The first-order chi connectivity index (χ1) is 10.8. The Morgan fingerprint density at radius 1 is 0.708 bits per heavy atom. The SMILES string of the molecule is Cl.Cl.NC(C=Cc1ccccn1)(c1ccccn1)c1ccccn1. The fraction of sp³-hybridized carbons (Fsp3) is 0.0556. The number of nitrogens with two attached hydrogens (primary N) is 1. The number of rotatable bonds is 4. The normalized spacial score (nSPS) is 10.7. The van der Waals surface area contributed by atoms with Gasteiger partial charge in [-0.1, -0.05) is 24.3 Å². The van der Waals surface area contributed by atoms with Gasteiger partial charge in [0.25, 0.3) is 0 Å². The summed E-state index contributed by atoms with van der Waals surface area (Å²) in [7, 11) is 0. The van der Waals surface area contributed by atoms with E-state index < -0.39 is 5.54 Å². The van der Waals surface area contributed by atoms with Crippen molar-refractivity contribution in [1.29, 1.82) is 0 Å². The molecule has 124 valence electrons. The molecular weight excluding hydrogens is 343 g/mol. The van der Waals surface area contributed by atoms with Gasteiger partial charge in [-0.15, -0.1) is 24.8 Å². The topological polar surface area (TPSA) is 64.7 Å². The van der Waals surface area contributed by atoms with E-state index in [4.69, 9.17) is 5.73 Å². The van der Waals surface area contributed by atoms with Crippen molar-refractivity contribution in [1.82, 2.24) is 15.0 Å². The van der Waals surface area contributed by atoms with Gasteiger partial charge < -0.3 is 5.73 Å². The van der Waals surface area contributed by atoms with Gasteiger partial charge in [0.15, 0.2) is 0 Å². The van der Waals surface area contributed by atoms with Crippen molar-refractivity contribution in [3.63, 3.8) is 0 Å². The lowest BCUT2D eigenvalue weighted by molar-refractivity contribution is 0.634. The highest BCUT2D eigenvalue weighted by molar-refractivity contribution is 5.85. The summed E-state index contributed by atoms with van der Waals surface area (Å²) in [5, 5.41) is 0. The Morgan fingerprint density at radius 2 is 1.21 bits per heavy atom. The Hall–Kier alpha value is -2.27. The second-order valence-corrected chi connectivity index (χ2v) is 4.89. The first-order valence-corrected chi connectivity index (χ1v) is 7.01. The van der Waals surface area contributed by atoms with Crippen LogP contribution in [0.3, 0.4) is 0 Å². The van der Waals surface area contributed by atoms with Gasteiger partial charge in [0.2, 0.25) is 0 Å². The molecule has 0 bridgehead atoms. The van der Waals surface area contributed by atoms with Crippen molar-refractivity contribution in [3.05, 3.63) is 96.3 Å². The molecule has 0 fully saturated rings. The van der Waals surface area contributed by atoms with Crippen LogP contribution in [-0.4, -0.2) is 15.0 Å². The van der Waals surface area contributed by atoms with Crippen molar-refractivity contribution < 1.29 is 0 Å². The molecule has 0 amide bonds. The van der Waals surface area contributed by atoms with Crippen molar-refractivity contribution >= 4 is 30.9 Å². The van der Waals surface area contributed by atoms with Crippen LogP contribution in [-0.2, 0) is 5.54 Å². The molecule has 0 unspecified atom stereocenters. The average Bonchev–Trinajstić information content (AvgIpc) is 2.62. The molecule has 0 spiro atoms. The van der Waals surface area contributed by atoms with E-state index in [1.54, 1.807) is 18.6 Å². The maximum absolute atomic E-state index is 6.65. The number of nitrogens with zero attached hydrogens (tertiary/aromatic N) is 3. The van der Waals surface area contributed by atoms with E-state index in [0.717, 1.165) is 17.1 Å². The Balaban J connectivity index is 0.00000144. The Bertz CT molecular complexity index is 710. The lowest BCUT2D eigenvalue weighted by atomic mass is 9.90. The number of halogens is 2. The van der Waals surface area contributed by atoms with Gasteiger partial charge in [0, 0.05) is 18.6 Å². The van der Waals surface area contributed by atoms with Crippen LogP contribution in [0, 0.1) is 0 Å². The molecular formula is C18H18Cl2N4. The van der Waals surface area contributed by atoms with Crippen LogP contribution in [0.1, 0.15) is 17.1 Å². The zero-order valence-electron chi connectivity index (χ0n) is 12.8. The maximum Gasteiger partial charge on any atom is 0.120 e. The van der Waals surface area contributed by atoms with Gasteiger partial charge >= 0.3 is 0 Å². The predicted molar refractivity (Wildman–Crippen MR) is 101 cm³/mol. The summed E-state index contributed by atoms with van der Waals surface area (Å²) in [6.45, 7) is 0. The van der Waals surface area contributed by atoms with Gasteiger partial charge in [0.05, 0.1) is 17.1 Å². The van der Waals surface area contributed by atoms with Gasteiger partial charge in [-0.05, 0) is 42.5 Å². The molecule has 0 aromatic carbocycles. The Labute approximate surface area is 153 Å². The largest absolute Gasteiger partial charge is 0.312 e. The molecule has 0 aliphatic carbocycles. The predicted octanol–water partition coefficient (Wildman–Crippen LogP) is 3.63. The second kappa shape index (κ2) is 9.13.